The maximum atomic E-state index is 11.4. The van der Waals surface area contributed by atoms with E-state index in [2.05, 4.69) is 17.1 Å². The number of nitrogens with one attached hydrogen (secondary N) is 1. The van der Waals surface area contributed by atoms with Gasteiger partial charge in [-0.2, -0.15) is 0 Å². The molecule has 6 nitrogen and oxygen atoms in total. The molecule has 0 aliphatic carbocycles. The molecule has 2 N–H and O–H groups in total. The maximum Gasteiger partial charge on any atom is 0.337 e. The van der Waals surface area contributed by atoms with E-state index in [1.807, 2.05) is 6.92 Å². The average Bonchev–Trinajstić information content (AvgIpc) is 2.85. The molecule has 22 heavy (non-hydrogen) atoms. The highest BCUT2D eigenvalue weighted by molar-refractivity contribution is 5.96. The molecule has 6 heteroatoms. The molecule has 1 aromatic rings. The summed E-state index contributed by atoms with van der Waals surface area (Å²) < 4.78 is 11.7. The zero-order valence-corrected chi connectivity index (χ0v) is 13.0. The summed E-state index contributed by atoms with van der Waals surface area (Å²) in [5.74, 6) is -1.11. The molecule has 1 unspecified atom stereocenters. The number of fused-ring (bicyclic) bond motifs is 1. The lowest BCUT2D eigenvalue weighted by molar-refractivity contribution is -0.121. The van der Waals surface area contributed by atoms with E-state index in [1.54, 1.807) is 18.2 Å². The largest absolute Gasteiger partial charge is 0.478 e. The van der Waals surface area contributed by atoms with Crippen molar-refractivity contribution >= 4 is 11.7 Å². The summed E-state index contributed by atoms with van der Waals surface area (Å²) in [7, 11) is 0. The highest BCUT2D eigenvalue weighted by Crippen LogP contribution is 2.41. The molecule has 120 valence electrons. The maximum absolute atomic E-state index is 11.4. The van der Waals surface area contributed by atoms with Crippen LogP contribution in [-0.4, -0.2) is 47.6 Å². The first-order chi connectivity index (χ1) is 10.5. The topological polar surface area (TPSA) is 71.0 Å². The Bertz CT molecular complexity index is 575. The summed E-state index contributed by atoms with van der Waals surface area (Å²) in [6, 6.07) is 5.36. The number of benzene rings is 1. The first-order valence-electron chi connectivity index (χ1n) is 7.73. The smallest absolute Gasteiger partial charge is 0.337 e. The van der Waals surface area contributed by atoms with Gasteiger partial charge in [0.2, 0.25) is 5.85 Å². The molecule has 2 atom stereocenters. The van der Waals surface area contributed by atoms with Crippen LogP contribution in [0.1, 0.15) is 37.0 Å². The fourth-order valence-electron chi connectivity index (χ4n) is 3.31. The highest BCUT2D eigenvalue weighted by atomic mass is 16.5. The summed E-state index contributed by atoms with van der Waals surface area (Å²) in [5, 5.41) is 12.6. The summed E-state index contributed by atoms with van der Waals surface area (Å²) >= 11 is 0. The van der Waals surface area contributed by atoms with Crippen molar-refractivity contribution in [1.82, 2.24) is 4.90 Å². The van der Waals surface area contributed by atoms with E-state index in [9.17, 15) is 9.90 Å². The predicted molar refractivity (Wildman–Crippen MR) is 82.3 cm³/mol. The molecule has 0 aromatic heterocycles. The molecule has 0 radical (unpaired) electrons. The van der Waals surface area contributed by atoms with E-state index in [4.69, 9.17) is 9.47 Å². The zero-order chi connectivity index (χ0) is 15.7. The van der Waals surface area contributed by atoms with Crippen molar-refractivity contribution in [3.63, 3.8) is 0 Å². The molecule has 1 fully saturated rings. The fourth-order valence-corrected chi connectivity index (χ4v) is 3.31. The van der Waals surface area contributed by atoms with Gasteiger partial charge in [0.15, 0.2) is 0 Å². The Balaban J connectivity index is 1.89. The summed E-state index contributed by atoms with van der Waals surface area (Å²) in [6.07, 6.45) is 2.08. The molecule has 3 rings (SSSR count). The van der Waals surface area contributed by atoms with E-state index in [0.29, 0.717) is 24.7 Å². The second-order valence-electron chi connectivity index (χ2n) is 5.90. The number of carbonyl (C=O) groups is 1. The molecule has 2 aliphatic rings. The van der Waals surface area contributed by atoms with Gasteiger partial charge in [0.25, 0.3) is 0 Å². The number of carboxylic acids is 1. The number of morpholine rings is 1. The van der Waals surface area contributed by atoms with Gasteiger partial charge >= 0.3 is 5.97 Å². The van der Waals surface area contributed by atoms with Crippen molar-refractivity contribution in [2.24, 2.45) is 0 Å². The SMILES string of the molecule is CCCC1COCCN1[C@]1(C)Nc2c(cccc2C(=O)O)O1. The van der Waals surface area contributed by atoms with Gasteiger partial charge in [0, 0.05) is 19.5 Å². The standard InChI is InChI=1S/C16H22N2O4/c1-3-5-11-10-21-9-8-18(11)16(2)17-14-12(15(19)20)6-4-7-13(14)22-16/h4,6-7,11,17H,3,5,8-10H2,1-2H3,(H,19,20)/t11?,16-/m0/s1. The van der Waals surface area contributed by atoms with Crippen molar-refractivity contribution in [1.29, 1.82) is 0 Å². The summed E-state index contributed by atoms with van der Waals surface area (Å²) in [5.41, 5.74) is 0.792. The Morgan fingerprint density at radius 3 is 3.09 bits per heavy atom. The minimum Gasteiger partial charge on any atom is -0.478 e. The number of nitrogens with zero attached hydrogens (tertiary/aromatic N) is 1. The molecule has 1 saturated heterocycles. The van der Waals surface area contributed by atoms with Gasteiger partial charge in [0.1, 0.15) is 5.75 Å². The van der Waals surface area contributed by atoms with E-state index in [0.717, 1.165) is 19.4 Å². The van der Waals surface area contributed by atoms with Crippen LogP contribution >= 0.6 is 0 Å². The fraction of sp³-hybridized carbons (Fsp3) is 0.562. The quantitative estimate of drug-likeness (QED) is 0.890. The molecular formula is C16H22N2O4. The number of anilines is 1. The molecular weight excluding hydrogens is 284 g/mol. The van der Waals surface area contributed by atoms with Crippen molar-refractivity contribution in [3.05, 3.63) is 23.8 Å². The third-order valence-electron chi connectivity index (χ3n) is 4.32. The van der Waals surface area contributed by atoms with Crippen LogP contribution in [0.4, 0.5) is 5.69 Å². The number of hydrogen-bond donors (Lipinski definition) is 2. The highest BCUT2D eigenvalue weighted by Gasteiger charge is 2.45. The lowest BCUT2D eigenvalue weighted by atomic mass is 10.1. The Labute approximate surface area is 130 Å². The first kappa shape index (κ1) is 15.1. The van der Waals surface area contributed by atoms with Crippen LogP contribution in [0.15, 0.2) is 18.2 Å². The average molecular weight is 306 g/mol. The molecule has 0 bridgehead atoms. The van der Waals surface area contributed by atoms with Crippen LogP contribution < -0.4 is 10.1 Å². The number of ether oxygens (including phenoxy) is 2. The second-order valence-corrected chi connectivity index (χ2v) is 5.90. The molecule has 0 saturated carbocycles. The van der Waals surface area contributed by atoms with E-state index in [-0.39, 0.29) is 11.6 Å². The number of hydrogen-bond acceptors (Lipinski definition) is 5. The molecule has 1 aromatic carbocycles. The van der Waals surface area contributed by atoms with Gasteiger partial charge in [-0.05, 0) is 18.6 Å². The van der Waals surface area contributed by atoms with Crippen LogP contribution in [0.2, 0.25) is 0 Å². The van der Waals surface area contributed by atoms with Crippen LogP contribution in [-0.2, 0) is 4.74 Å². The molecule has 0 spiro atoms. The lowest BCUT2D eigenvalue weighted by Crippen LogP contribution is -2.62. The van der Waals surface area contributed by atoms with E-state index in [1.165, 1.54) is 0 Å². The van der Waals surface area contributed by atoms with Crippen LogP contribution in [0.3, 0.4) is 0 Å². The number of aromatic carboxylic acids is 1. The van der Waals surface area contributed by atoms with Crippen molar-refractivity contribution < 1.29 is 19.4 Å². The molecule has 2 heterocycles. The van der Waals surface area contributed by atoms with Gasteiger partial charge in [-0.15, -0.1) is 0 Å². The Kier molecular flexibility index (Phi) is 3.97. The number of para-hydroxylation sites is 1. The number of carboxylic acid groups (broad SMARTS) is 1. The van der Waals surface area contributed by atoms with Gasteiger partial charge in [-0.1, -0.05) is 19.4 Å². The van der Waals surface area contributed by atoms with Crippen molar-refractivity contribution in [2.75, 3.05) is 25.1 Å². The summed E-state index contributed by atoms with van der Waals surface area (Å²) in [4.78, 5) is 13.6. The zero-order valence-electron chi connectivity index (χ0n) is 13.0. The third-order valence-corrected chi connectivity index (χ3v) is 4.32. The minimum atomic E-state index is -0.954. The van der Waals surface area contributed by atoms with E-state index < -0.39 is 11.8 Å². The van der Waals surface area contributed by atoms with Crippen molar-refractivity contribution in [2.45, 2.75) is 38.6 Å². The van der Waals surface area contributed by atoms with Crippen LogP contribution in [0.25, 0.3) is 0 Å². The summed E-state index contributed by atoms with van der Waals surface area (Å²) in [6.45, 7) is 6.19. The third kappa shape index (κ3) is 2.53. The van der Waals surface area contributed by atoms with Gasteiger partial charge < -0.3 is 19.9 Å². The van der Waals surface area contributed by atoms with Gasteiger partial charge in [-0.25, -0.2) is 9.69 Å². The van der Waals surface area contributed by atoms with Crippen molar-refractivity contribution in [3.8, 4) is 5.75 Å². The number of rotatable bonds is 4. The monoisotopic (exact) mass is 306 g/mol. The second kappa shape index (κ2) is 5.78. The predicted octanol–water partition coefficient (Wildman–Crippen LogP) is 2.36. The van der Waals surface area contributed by atoms with Crippen LogP contribution in [0.5, 0.6) is 5.75 Å². The first-order valence-corrected chi connectivity index (χ1v) is 7.73. The lowest BCUT2D eigenvalue weighted by Gasteiger charge is -2.44. The molecule has 0 amide bonds. The Morgan fingerprint density at radius 1 is 1.55 bits per heavy atom. The normalized spacial score (nSPS) is 27.8. The Hall–Kier alpha value is -1.79. The van der Waals surface area contributed by atoms with Gasteiger partial charge in [-0.3, -0.25) is 0 Å². The minimum absolute atomic E-state index is 0.238. The van der Waals surface area contributed by atoms with Crippen LogP contribution in [0, 0.1) is 0 Å². The van der Waals surface area contributed by atoms with Gasteiger partial charge in [0.05, 0.1) is 24.5 Å². The molecule has 2 aliphatic heterocycles. The Morgan fingerprint density at radius 2 is 2.36 bits per heavy atom. The van der Waals surface area contributed by atoms with E-state index >= 15 is 0 Å².